The van der Waals surface area contributed by atoms with Gasteiger partial charge in [-0.05, 0) is 36.4 Å². The van der Waals surface area contributed by atoms with Crippen LogP contribution in [0.15, 0.2) is 57.9 Å². The van der Waals surface area contributed by atoms with E-state index < -0.39 is 0 Å². The lowest BCUT2D eigenvalue weighted by Crippen LogP contribution is -2.49. The van der Waals surface area contributed by atoms with Crippen LogP contribution < -0.4 is 0 Å². The van der Waals surface area contributed by atoms with Gasteiger partial charge in [-0.2, -0.15) is 4.98 Å². The fourth-order valence-electron chi connectivity index (χ4n) is 2.75. The number of aromatic nitrogens is 2. The largest absolute Gasteiger partial charge is 0.340 e. The van der Waals surface area contributed by atoms with Crippen molar-refractivity contribution in [3.8, 4) is 11.4 Å². The monoisotopic (exact) mass is 403 g/mol. The summed E-state index contributed by atoms with van der Waals surface area (Å²) in [5.41, 5.74) is 0.792. The number of carbonyl (C=O) groups excluding carboxylic acids is 1. The van der Waals surface area contributed by atoms with Gasteiger partial charge in [-0.15, -0.1) is 11.8 Å². The van der Waals surface area contributed by atoms with Crippen LogP contribution in [0.2, 0.25) is 5.02 Å². The summed E-state index contributed by atoms with van der Waals surface area (Å²) in [4.78, 5) is 19.3. The number of carbonyl (C=O) groups is 1. The van der Waals surface area contributed by atoms with Gasteiger partial charge in [0.25, 0.3) is 0 Å². The van der Waals surface area contributed by atoms with Crippen LogP contribution in [0, 0.1) is 5.82 Å². The molecule has 2 aromatic carbocycles. The molecule has 0 N–H and O–H groups in total. The second kappa shape index (κ2) is 7.70. The van der Waals surface area contributed by atoms with Gasteiger partial charge in [-0.25, -0.2) is 4.39 Å². The molecule has 4 rings (SSSR count). The highest BCUT2D eigenvalue weighted by Crippen LogP contribution is 2.29. The van der Waals surface area contributed by atoms with Crippen molar-refractivity contribution in [2.45, 2.75) is 10.8 Å². The number of benzene rings is 2. The van der Waals surface area contributed by atoms with Gasteiger partial charge in [0.2, 0.25) is 17.6 Å². The Morgan fingerprint density at radius 2 is 2.04 bits per heavy atom. The Labute approximate surface area is 164 Å². The van der Waals surface area contributed by atoms with E-state index in [1.54, 1.807) is 29.2 Å². The topological polar surface area (TPSA) is 59.2 Å². The standard InChI is InChI=1S/C19H15ClFN3O2S/c20-14-3-1-2-12(8-14)18-22-19(26-23-18)13-9-24(10-13)17(25)11-27-16-6-4-15(21)5-7-16/h1-8,13H,9-11H2. The first-order valence-electron chi connectivity index (χ1n) is 8.34. The number of nitrogens with zero attached hydrogens (tertiary/aromatic N) is 3. The Kier molecular flexibility index (Phi) is 5.13. The van der Waals surface area contributed by atoms with Crippen molar-refractivity contribution in [2.24, 2.45) is 0 Å². The zero-order valence-electron chi connectivity index (χ0n) is 14.1. The average Bonchev–Trinajstić information content (AvgIpc) is 3.10. The molecule has 1 saturated heterocycles. The van der Waals surface area contributed by atoms with Gasteiger partial charge < -0.3 is 9.42 Å². The Balaban J connectivity index is 1.30. The normalized spacial score (nSPS) is 14.2. The number of hydrogen-bond donors (Lipinski definition) is 0. The molecule has 0 aliphatic carbocycles. The molecule has 3 aromatic rings. The smallest absolute Gasteiger partial charge is 0.233 e. The van der Waals surface area contributed by atoms with Gasteiger partial charge in [0.15, 0.2) is 0 Å². The van der Waals surface area contributed by atoms with Crippen LogP contribution in [0.4, 0.5) is 4.39 Å². The highest BCUT2D eigenvalue weighted by atomic mass is 35.5. The molecule has 1 aliphatic heterocycles. The van der Waals surface area contributed by atoms with Crippen molar-refractivity contribution in [3.05, 3.63) is 65.3 Å². The fraction of sp³-hybridized carbons (Fsp3) is 0.211. The van der Waals surface area contributed by atoms with Gasteiger partial charge in [-0.3, -0.25) is 4.79 Å². The Hall–Kier alpha value is -2.38. The van der Waals surface area contributed by atoms with Crippen LogP contribution in [0.1, 0.15) is 11.8 Å². The van der Waals surface area contributed by atoms with E-state index in [9.17, 15) is 9.18 Å². The molecule has 5 nitrogen and oxygen atoms in total. The third-order valence-corrected chi connectivity index (χ3v) is 5.52. The number of thioether (sulfide) groups is 1. The van der Waals surface area contributed by atoms with Gasteiger partial charge in [-0.1, -0.05) is 28.9 Å². The van der Waals surface area contributed by atoms with E-state index in [0.29, 0.717) is 35.6 Å². The maximum atomic E-state index is 12.9. The summed E-state index contributed by atoms with van der Waals surface area (Å²) in [6, 6.07) is 13.4. The highest BCUT2D eigenvalue weighted by molar-refractivity contribution is 8.00. The average molecular weight is 404 g/mol. The summed E-state index contributed by atoms with van der Waals surface area (Å²) in [5.74, 6) is 1.13. The lowest BCUT2D eigenvalue weighted by Gasteiger charge is -2.37. The summed E-state index contributed by atoms with van der Waals surface area (Å²) in [6.45, 7) is 1.11. The van der Waals surface area contributed by atoms with E-state index in [1.165, 1.54) is 23.9 Å². The number of likely N-dealkylation sites (tertiary alicyclic amines) is 1. The maximum absolute atomic E-state index is 12.9. The third kappa shape index (κ3) is 4.14. The lowest BCUT2D eigenvalue weighted by atomic mass is 10.0. The van der Waals surface area contributed by atoms with Gasteiger partial charge in [0.05, 0.1) is 11.7 Å². The zero-order chi connectivity index (χ0) is 18.8. The maximum Gasteiger partial charge on any atom is 0.233 e. The first kappa shape index (κ1) is 18.0. The molecule has 0 atom stereocenters. The van der Waals surface area contributed by atoms with E-state index in [2.05, 4.69) is 10.1 Å². The van der Waals surface area contributed by atoms with Crippen LogP contribution in [-0.4, -0.2) is 39.8 Å². The Morgan fingerprint density at radius 3 is 2.78 bits per heavy atom. The predicted octanol–water partition coefficient (Wildman–Crippen LogP) is 4.25. The quantitative estimate of drug-likeness (QED) is 0.596. The molecule has 1 aromatic heterocycles. The van der Waals surface area contributed by atoms with Crippen molar-refractivity contribution < 1.29 is 13.7 Å². The van der Waals surface area contributed by atoms with E-state index in [1.807, 2.05) is 12.1 Å². The minimum Gasteiger partial charge on any atom is -0.340 e. The van der Waals surface area contributed by atoms with E-state index in [4.69, 9.17) is 16.1 Å². The molecule has 0 unspecified atom stereocenters. The van der Waals surface area contributed by atoms with Gasteiger partial charge in [0.1, 0.15) is 5.82 Å². The van der Waals surface area contributed by atoms with Crippen molar-refractivity contribution in [3.63, 3.8) is 0 Å². The van der Waals surface area contributed by atoms with Crippen LogP contribution >= 0.6 is 23.4 Å². The van der Waals surface area contributed by atoms with Crippen LogP contribution in [-0.2, 0) is 4.79 Å². The van der Waals surface area contributed by atoms with Crippen molar-refractivity contribution in [2.75, 3.05) is 18.8 Å². The summed E-state index contributed by atoms with van der Waals surface area (Å²) >= 11 is 7.38. The molecule has 2 heterocycles. The van der Waals surface area contributed by atoms with Gasteiger partial charge >= 0.3 is 0 Å². The molecular formula is C19H15ClFN3O2S. The van der Waals surface area contributed by atoms with Crippen molar-refractivity contribution in [1.82, 2.24) is 15.0 Å². The van der Waals surface area contributed by atoms with E-state index >= 15 is 0 Å². The first-order valence-corrected chi connectivity index (χ1v) is 9.70. The van der Waals surface area contributed by atoms with E-state index in [0.717, 1.165) is 10.5 Å². The summed E-state index contributed by atoms with van der Waals surface area (Å²) in [6.07, 6.45) is 0. The molecule has 0 spiro atoms. The molecule has 1 aliphatic rings. The number of halogens is 2. The molecule has 8 heteroatoms. The third-order valence-electron chi connectivity index (χ3n) is 4.28. The minimum atomic E-state index is -0.284. The summed E-state index contributed by atoms with van der Waals surface area (Å²) in [5, 5.41) is 4.61. The molecule has 27 heavy (non-hydrogen) atoms. The zero-order valence-corrected chi connectivity index (χ0v) is 15.7. The minimum absolute atomic E-state index is 0.0372. The van der Waals surface area contributed by atoms with Crippen molar-refractivity contribution >= 4 is 29.3 Å². The molecule has 0 bridgehead atoms. The molecule has 1 amide bonds. The van der Waals surface area contributed by atoms with Crippen LogP contribution in [0.5, 0.6) is 0 Å². The molecule has 138 valence electrons. The van der Waals surface area contributed by atoms with E-state index in [-0.39, 0.29) is 17.6 Å². The predicted molar refractivity (Wildman–Crippen MR) is 101 cm³/mol. The number of amides is 1. The molecular weight excluding hydrogens is 389 g/mol. The molecule has 1 fully saturated rings. The lowest BCUT2D eigenvalue weighted by molar-refractivity contribution is -0.133. The molecule has 0 radical (unpaired) electrons. The number of hydrogen-bond acceptors (Lipinski definition) is 5. The van der Waals surface area contributed by atoms with Crippen LogP contribution in [0.25, 0.3) is 11.4 Å². The second-order valence-electron chi connectivity index (χ2n) is 6.20. The van der Waals surface area contributed by atoms with Crippen LogP contribution in [0.3, 0.4) is 0 Å². The van der Waals surface area contributed by atoms with Gasteiger partial charge in [0, 0.05) is 28.6 Å². The summed E-state index contributed by atoms with van der Waals surface area (Å²) < 4.78 is 18.2. The first-order chi connectivity index (χ1) is 13.1. The Morgan fingerprint density at radius 1 is 1.26 bits per heavy atom. The Bertz CT molecular complexity index is 958. The SMILES string of the molecule is O=C(CSc1ccc(F)cc1)N1CC(c2nc(-c3cccc(Cl)c3)no2)C1. The highest BCUT2D eigenvalue weighted by Gasteiger charge is 2.35. The van der Waals surface area contributed by atoms with Crippen molar-refractivity contribution in [1.29, 1.82) is 0 Å². The summed E-state index contributed by atoms with van der Waals surface area (Å²) in [7, 11) is 0. The second-order valence-corrected chi connectivity index (χ2v) is 7.69. The fourth-order valence-corrected chi connectivity index (χ4v) is 3.74. The number of rotatable bonds is 5. The molecule has 0 saturated carbocycles.